The number of aromatic nitrogens is 1. The number of hydrogen-bond donors (Lipinski definition) is 2. The second-order valence-electron chi connectivity index (χ2n) is 6.83. The van der Waals surface area contributed by atoms with Gasteiger partial charge in [0.15, 0.2) is 0 Å². The second kappa shape index (κ2) is 10.9. The zero-order chi connectivity index (χ0) is 23.0. The van der Waals surface area contributed by atoms with E-state index in [0.29, 0.717) is 16.8 Å². The lowest BCUT2D eigenvalue weighted by atomic mass is 10.1. The molecule has 0 spiro atoms. The maximum atomic E-state index is 12.6. The lowest BCUT2D eigenvalue weighted by Crippen LogP contribution is -2.33. The van der Waals surface area contributed by atoms with Gasteiger partial charge in [-0.25, -0.2) is 5.43 Å². The fourth-order valence-electron chi connectivity index (χ4n) is 3.20. The van der Waals surface area contributed by atoms with Gasteiger partial charge in [-0.1, -0.05) is 0 Å². The summed E-state index contributed by atoms with van der Waals surface area (Å²) in [4.78, 5) is 26.9. The molecule has 0 bridgehead atoms. The summed E-state index contributed by atoms with van der Waals surface area (Å²) in [7, 11) is 1.47. The van der Waals surface area contributed by atoms with Crippen molar-refractivity contribution in [1.29, 1.82) is 5.26 Å². The average molecular weight is 425 g/mol. The molecule has 0 fully saturated rings. The fourth-order valence-corrected chi connectivity index (χ4v) is 3.20. The first-order valence-electron chi connectivity index (χ1n) is 9.88. The number of benzene rings is 1. The lowest BCUT2D eigenvalue weighted by Gasteiger charge is -2.21. The van der Waals surface area contributed by atoms with Crippen LogP contribution in [0.2, 0.25) is 0 Å². The molecule has 164 valence electrons. The Labute approximate surface area is 181 Å². The van der Waals surface area contributed by atoms with Crippen molar-refractivity contribution in [3.63, 3.8) is 0 Å². The second-order valence-corrected chi connectivity index (χ2v) is 6.83. The molecule has 9 nitrogen and oxygen atoms in total. The van der Waals surface area contributed by atoms with E-state index in [4.69, 9.17) is 4.74 Å². The van der Waals surface area contributed by atoms with Crippen LogP contribution in [0.15, 0.2) is 34.2 Å². The molecule has 2 aromatic rings. The molecule has 0 aliphatic rings. The number of aromatic hydroxyl groups is 1. The molecule has 0 saturated heterocycles. The zero-order valence-electron chi connectivity index (χ0n) is 18.2. The summed E-state index contributed by atoms with van der Waals surface area (Å²) in [6, 6.07) is 8.74. The van der Waals surface area contributed by atoms with E-state index in [1.807, 2.05) is 26.0 Å². The number of pyridine rings is 1. The van der Waals surface area contributed by atoms with Crippen LogP contribution in [0.5, 0.6) is 5.75 Å². The predicted molar refractivity (Wildman–Crippen MR) is 118 cm³/mol. The SMILES string of the molecule is CCN(CC)c1ccc(C=NNC(=O)Cn2c(C)cc(COC)c(C#N)c2=O)c(O)c1. The molecular weight excluding hydrogens is 398 g/mol. The fraction of sp³-hybridized carbons (Fsp3) is 0.364. The maximum Gasteiger partial charge on any atom is 0.269 e. The number of nitrogens with one attached hydrogen (secondary N) is 1. The highest BCUT2D eigenvalue weighted by atomic mass is 16.5. The van der Waals surface area contributed by atoms with E-state index in [1.54, 1.807) is 25.1 Å². The van der Waals surface area contributed by atoms with Crippen molar-refractivity contribution < 1.29 is 14.6 Å². The Morgan fingerprint density at radius 3 is 2.65 bits per heavy atom. The molecule has 0 saturated carbocycles. The zero-order valence-corrected chi connectivity index (χ0v) is 18.2. The molecule has 2 rings (SSSR count). The van der Waals surface area contributed by atoms with E-state index in [2.05, 4.69) is 15.4 Å². The number of amides is 1. The lowest BCUT2D eigenvalue weighted by molar-refractivity contribution is -0.121. The van der Waals surface area contributed by atoms with Crippen molar-refractivity contribution in [2.45, 2.75) is 33.9 Å². The standard InChI is InChI=1S/C22H27N5O4/c1-5-26(6-2)18-8-7-16(20(28)10-18)12-24-25-21(29)13-27-15(3)9-17(14-31-4)19(11-23)22(27)30/h7-10,12,28H,5-6,13-14H2,1-4H3,(H,25,29). The van der Waals surface area contributed by atoms with Gasteiger partial charge in [0.2, 0.25) is 0 Å². The minimum atomic E-state index is -0.557. The highest BCUT2D eigenvalue weighted by Crippen LogP contribution is 2.23. The Morgan fingerprint density at radius 2 is 2.06 bits per heavy atom. The number of ether oxygens (including phenoxy) is 1. The molecular formula is C22H27N5O4. The van der Waals surface area contributed by atoms with Gasteiger partial charge < -0.3 is 19.3 Å². The summed E-state index contributed by atoms with van der Waals surface area (Å²) < 4.78 is 6.23. The number of phenols is 1. The van der Waals surface area contributed by atoms with E-state index >= 15 is 0 Å². The molecule has 0 atom stereocenters. The molecule has 1 aromatic heterocycles. The van der Waals surface area contributed by atoms with E-state index < -0.39 is 11.5 Å². The highest BCUT2D eigenvalue weighted by Gasteiger charge is 2.15. The number of carbonyl (C=O) groups excluding carboxylic acids is 1. The van der Waals surface area contributed by atoms with Crippen LogP contribution in [-0.4, -0.2) is 42.0 Å². The first kappa shape index (κ1) is 23.6. The number of anilines is 1. The number of aryl methyl sites for hydroxylation is 1. The third-order valence-corrected chi connectivity index (χ3v) is 4.84. The number of nitriles is 1. The largest absolute Gasteiger partial charge is 0.507 e. The van der Waals surface area contributed by atoms with Crippen molar-refractivity contribution in [2.75, 3.05) is 25.1 Å². The minimum absolute atomic E-state index is 0.0434. The first-order chi connectivity index (χ1) is 14.9. The Bertz CT molecular complexity index is 1060. The Kier molecular flexibility index (Phi) is 8.34. The minimum Gasteiger partial charge on any atom is -0.507 e. The van der Waals surface area contributed by atoms with E-state index in [1.165, 1.54) is 17.9 Å². The van der Waals surface area contributed by atoms with Crippen LogP contribution in [0.1, 0.15) is 36.2 Å². The van der Waals surface area contributed by atoms with Crippen molar-refractivity contribution in [3.05, 3.63) is 57.0 Å². The molecule has 9 heteroatoms. The summed E-state index contributed by atoms with van der Waals surface area (Å²) in [6.07, 6.45) is 1.33. The van der Waals surface area contributed by atoms with Crippen LogP contribution >= 0.6 is 0 Å². The molecule has 0 aliphatic heterocycles. The van der Waals surface area contributed by atoms with Gasteiger partial charge in [-0.15, -0.1) is 0 Å². The molecule has 31 heavy (non-hydrogen) atoms. The maximum absolute atomic E-state index is 12.6. The van der Waals surface area contributed by atoms with Crippen molar-refractivity contribution >= 4 is 17.8 Å². The normalized spacial score (nSPS) is 10.8. The summed E-state index contributed by atoms with van der Waals surface area (Å²) >= 11 is 0. The van der Waals surface area contributed by atoms with Gasteiger partial charge in [-0.3, -0.25) is 9.59 Å². The third-order valence-electron chi connectivity index (χ3n) is 4.84. The Morgan fingerprint density at radius 1 is 1.35 bits per heavy atom. The topological polar surface area (TPSA) is 120 Å². The number of hydrazone groups is 1. The number of carbonyl (C=O) groups is 1. The Balaban J connectivity index is 2.12. The van der Waals surface area contributed by atoms with Gasteiger partial charge in [-0.05, 0) is 39.0 Å². The van der Waals surface area contributed by atoms with Crippen molar-refractivity contribution in [2.24, 2.45) is 5.10 Å². The van der Waals surface area contributed by atoms with Crippen LogP contribution < -0.4 is 15.9 Å². The van der Waals surface area contributed by atoms with Crippen molar-refractivity contribution in [1.82, 2.24) is 9.99 Å². The van der Waals surface area contributed by atoms with Gasteiger partial charge in [0, 0.05) is 48.8 Å². The third kappa shape index (κ3) is 5.71. The summed E-state index contributed by atoms with van der Waals surface area (Å²) in [5, 5.41) is 23.4. The molecule has 0 aliphatic carbocycles. The van der Waals surface area contributed by atoms with Crippen LogP contribution in [0.25, 0.3) is 0 Å². The summed E-state index contributed by atoms with van der Waals surface area (Å²) in [5.74, 6) is -0.495. The molecule has 0 radical (unpaired) electrons. The molecule has 1 amide bonds. The van der Waals surface area contributed by atoms with E-state index in [9.17, 15) is 20.0 Å². The smallest absolute Gasteiger partial charge is 0.269 e. The average Bonchev–Trinajstić information content (AvgIpc) is 2.74. The summed E-state index contributed by atoms with van der Waals surface area (Å²) in [5.41, 5.74) is 4.07. The van der Waals surface area contributed by atoms with Crippen molar-refractivity contribution in [3.8, 4) is 11.8 Å². The van der Waals surface area contributed by atoms with Gasteiger partial charge >= 0.3 is 0 Å². The number of rotatable bonds is 9. The molecule has 1 heterocycles. The van der Waals surface area contributed by atoms with Crippen LogP contribution in [0.3, 0.4) is 0 Å². The molecule has 0 unspecified atom stereocenters. The predicted octanol–water partition coefficient (Wildman–Crippen LogP) is 1.88. The molecule has 1 aromatic carbocycles. The quantitative estimate of drug-likeness (QED) is 0.468. The highest BCUT2D eigenvalue weighted by molar-refractivity contribution is 5.86. The van der Waals surface area contributed by atoms with Crippen LogP contribution in [-0.2, 0) is 22.7 Å². The molecule has 2 N–H and O–H groups in total. The van der Waals surface area contributed by atoms with Gasteiger partial charge in [-0.2, -0.15) is 10.4 Å². The van der Waals surface area contributed by atoms with Crippen LogP contribution in [0, 0.1) is 18.3 Å². The van der Waals surface area contributed by atoms with E-state index in [-0.39, 0.29) is 24.5 Å². The Hall–Kier alpha value is -3.64. The number of nitrogens with zero attached hydrogens (tertiary/aromatic N) is 4. The monoisotopic (exact) mass is 425 g/mol. The number of phenolic OH excluding ortho intramolecular Hbond substituents is 1. The van der Waals surface area contributed by atoms with Gasteiger partial charge in [0.25, 0.3) is 11.5 Å². The van der Waals surface area contributed by atoms with Gasteiger partial charge in [0.05, 0.1) is 12.8 Å². The van der Waals surface area contributed by atoms with E-state index in [0.717, 1.165) is 18.8 Å². The van der Waals surface area contributed by atoms with Gasteiger partial charge in [0.1, 0.15) is 23.9 Å². The first-order valence-corrected chi connectivity index (χ1v) is 9.88. The summed E-state index contributed by atoms with van der Waals surface area (Å²) in [6.45, 7) is 7.21. The van der Waals surface area contributed by atoms with Crippen LogP contribution in [0.4, 0.5) is 5.69 Å². The number of hydrogen-bond acceptors (Lipinski definition) is 7. The number of methoxy groups -OCH3 is 1.